The molecule has 2 aromatic carbocycles. The van der Waals surface area contributed by atoms with Crippen molar-refractivity contribution in [2.45, 2.75) is 20.0 Å². The van der Waals surface area contributed by atoms with E-state index < -0.39 is 0 Å². The lowest BCUT2D eigenvalue weighted by molar-refractivity contribution is 0.0946. The molecule has 5 nitrogen and oxygen atoms in total. The van der Waals surface area contributed by atoms with Gasteiger partial charge in [-0.15, -0.1) is 0 Å². The molecule has 0 aliphatic carbocycles. The van der Waals surface area contributed by atoms with Crippen LogP contribution in [-0.2, 0) is 6.61 Å². The lowest BCUT2D eigenvalue weighted by Gasteiger charge is -2.27. The van der Waals surface area contributed by atoms with Crippen LogP contribution in [0.3, 0.4) is 0 Å². The van der Waals surface area contributed by atoms with Gasteiger partial charge in [0, 0.05) is 32.7 Å². The number of aryl methyl sites for hydroxylation is 1. The van der Waals surface area contributed by atoms with E-state index in [9.17, 15) is 4.79 Å². The average molecular weight is 367 g/mol. The summed E-state index contributed by atoms with van der Waals surface area (Å²) in [5.41, 5.74) is 2.91. The second kappa shape index (κ2) is 10.1. The van der Waals surface area contributed by atoms with Crippen molar-refractivity contribution in [1.29, 1.82) is 0 Å². The van der Waals surface area contributed by atoms with Gasteiger partial charge in [-0.1, -0.05) is 36.4 Å². The molecule has 0 aromatic heterocycles. The Morgan fingerprint density at radius 1 is 1.11 bits per heavy atom. The summed E-state index contributed by atoms with van der Waals surface area (Å²) in [6, 6.07) is 15.6. The first-order valence-corrected chi connectivity index (χ1v) is 9.71. The predicted octanol–water partition coefficient (Wildman–Crippen LogP) is 2.60. The Labute approximate surface area is 161 Å². The van der Waals surface area contributed by atoms with Crippen LogP contribution in [-0.4, -0.2) is 50.1 Å². The molecule has 1 saturated heterocycles. The molecule has 2 N–H and O–H groups in total. The van der Waals surface area contributed by atoms with Crippen LogP contribution in [0.1, 0.15) is 27.9 Å². The normalized spacial score (nSPS) is 14.7. The lowest BCUT2D eigenvalue weighted by Crippen LogP contribution is -2.44. The maximum absolute atomic E-state index is 12.6. The third-order valence-electron chi connectivity index (χ3n) is 4.92. The molecule has 1 fully saturated rings. The fourth-order valence-electron chi connectivity index (χ4n) is 3.24. The van der Waals surface area contributed by atoms with E-state index in [0.717, 1.165) is 44.7 Å². The number of carbonyl (C=O) groups excluding carboxylic acids is 1. The van der Waals surface area contributed by atoms with E-state index in [1.54, 1.807) is 0 Å². The van der Waals surface area contributed by atoms with E-state index in [0.29, 0.717) is 24.5 Å². The molecule has 0 unspecified atom stereocenters. The summed E-state index contributed by atoms with van der Waals surface area (Å²) in [4.78, 5) is 15.0. The molecule has 0 saturated carbocycles. The fraction of sp³-hybridized carbons (Fsp3) is 0.409. The standard InChI is InChI=1S/C22H29N3O2/c1-18-7-2-3-8-19(18)17-27-21-10-5-4-9-20(21)22(26)24-11-6-14-25-15-12-23-13-16-25/h2-5,7-10,23H,6,11-17H2,1H3,(H,24,26). The summed E-state index contributed by atoms with van der Waals surface area (Å²) in [6.45, 7) is 8.50. The van der Waals surface area contributed by atoms with E-state index in [1.807, 2.05) is 42.5 Å². The Morgan fingerprint density at radius 3 is 2.67 bits per heavy atom. The van der Waals surface area contributed by atoms with Gasteiger partial charge in [-0.25, -0.2) is 0 Å². The minimum absolute atomic E-state index is 0.0734. The molecular weight excluding hydrogens is 338 g/mol. The topological polar surface area (TPSA) is 53.6 Å². The van der Waals surface area contributed by atoms with Crippen molar-refractivity contribution in [1.82, 2.24) is 15.5 Å². The Kier molecular flexibility index (Phi) is 7.25. The minimum atomic E-state index is -0.0734. The minimum Gasteiger partial charge on any atom is -0.488 e. The molecule has 27 heavy (non-hydrogen) atoms. The van der Waals surface area contributed by atoms with Gasteiger partial charge in [0.1, 0.15) is 12.4 Å². The van der Waals surface area contributed by atoms with Gasteiger partial charge < -0.3 is 20.3 Å². The molecule has 144 valence electrons. The van der Waals surface area contributed by atoms with Crippen molar-refractivity contribution in [2.75, 3.05) is 39.3 Å². The number of nitrogens with zero attached hydrogens (tertiary/aromatic N) is 1. The second-order valence-corrected chi connectivity index (χ2v) is 6.91. The largest absolute Gasteiger partial charge is 0.488 e. The molecule has 0 bridgehead atoms. The maximum atomic E-state index is 12.6. The van der Waals surface area contributed by atoms with Crippen LogP contribution in [0.15, 0.2) is 48.5 Å². The fourth-order valence-corrected chi connectivity index (χ4v) is 3.24. The van der Waals surface area contributed by atoms with Crippen molar-refractivity contribution in [3.63, 3.8) is 0 Å². The number of rotatable bonds is 8. The van der Waals surface area contributed by atoms with E-state index in [2.05, 4.69) is 28.5 Å². The number of piperazine rings is 1. The molecule has 5 heteroatoms. The summed E-state index contributed by atoms with van der Waals surface area (Å²) in [5.74, 6) is 0.552. The zero-order valence-electron chi connectivity index (χ0n) is 16.0. The smallest absolute Gasteiger partial charge is 0.255 e. The Bertz CT molecular complexity index is 742. The molecule has 1 amide bonds. The monoisotopic (exact) mass is 367 g/mol. The number of para-hydroxylation sites is 1. The van der Waals surface area contributed by atoms with Gasteiger partial charge in [-0.3, -0.25) is 4.79 Å². The highest BCUT2D eigenvalue weighted by Crippen LogP contribution is 2.20. The number of nitrogens with one attached hydrogen (secondary N) is 2. The molecule has 2 aromatic rings. The molecule has 0 radical (unpaired) electrons. The predicted molar refractivity (Wildman–Crippen MR) is 108 cm³/mol. The van der Waals surface area contributed by atoms with Crippen molar-refractivity contribution in [3.05, 3.63) is 65.2 Å². The number of amides is 1. The molecule has 0 spiro atoms. The van der Waals surface area contributed by atoms with Crippen molar-refractivity contribution >= 4 is 5.91 Å². The number of hydrogen-bond donors (Lipinski definition) is 2. The van der Waals surface area contributed by atoms with Gasteiger partial charge in [0.15, 0.2) is 0 Å². The average Bonchev–Trinajstić information content (AvgIpc) is 2.71. The van der Waals surface area contributed by atoms with Gasteiger partial charge in [-0.05, 0) is 43.1 Å². The highest BCUT2D eigenvalue weighted by Gasteiger charge is 2.13. The lowest BCUT2D eigenvalue weighted by atomic mass is 10.1. The highest BCUT2D eigenvalue weighted by molar-refractivity contribution is 5.96. The van der Waals surface area contributed by atoms with Gasteiger partial charge in [0.25, 0.3) is 5.91 Å². The number of carbonyl (C=O) groups is 1. The van der Waals surface area contributed by atoms with E-state index in [-0.39, 0.29) is 5.91 Å². The highest BCUT2D eigenvalue weighted by atomic mass is 16.5. The zero-order valence-corrected chi connectivity index (χ0v) is 16.0. The molecule has 1 aliphatic rings. The number of hydrogen-bond acceptors (Lipinski definition) is 4. The molecule has 1 aliphatic heterocycles. The number of benzene rings is 2. The van der Waals surface area contributed by atoms with Gasteiger partial charge in [-0.2, -0.15) is 0 Å². The molecule has 0 atom stereocenters. The second-order valence-electron chi connectivity index (χ2n) is 6.91. The van der Waals surface area contributed by atoms with Crippen molar-refractivity contribution in [2.24, 2.45) is 0 Å². The molecular formula is C22H29N3O2. The molecule has 1 heterocycles. The number of ether oxygens (including phenoxy) is 1. The third kappa shape index (κ3) is 5.81. The van der Waals surface area contributed by atoms with Crippen molar-refractivity contribution < 1.29 is 9.53 Å². The SMILES string of the molecule is Cc1ccccc1COc1ccccc1C(=O)NCCCN1CCNCC1. The quantitative estimate of drug-likeness (QED) is 0.704. The summed E-state index contributed by atoms with van der Waals surface area (Å²) in [5, 5.41) is 6.38. The van der Waals surface area contributed by atoms with Crippen LogP contribution in [0.25, 0.3) is 0 Å². The Hall–Kier alpha value is -2.37. The zero-order chi connectivity index (χ0) is 18.9. The van der Waals surface area contributed by atoms with E-state index in [4.69, 9.17) is 4.74 Å². The first-order chi connectivity index (χ1) is 13.2. The van der Waals surface area contributed by atoms with Crippen molar-refractivity contribution in [3.8, 4) is 5.75 Å². The van der Waals surface area contributed by atoms with Crippen LogP contribution in [0, 0.1) is 6.92 Å². The third-order valence-corrected chi connectivity index (χ3v) is 4.92. The van der Waals surface area contributed by atoms with E-state index >= 15 is 0 Å². The van der Waals surface area contributed by atoms with Crippen LogP contribution in [0.4, 0.5) is 0 Å². The first-order valence-electron chi connectivity index (χ1n) is 9.71. The summed E-state index contributed by atoms with van der Waals surface area (Å²) < 4.78 is 5.95. The summed E-state index contributed by atoms with van der Waals surface area (Å²) in [7, 11) is 0. The maximum Gasteiger partial charge on any atom is 0.255 e. The van der Waals surface area contributed by atoms with Gasteiger partial charge in [0.05, 0.1) is 5.56 Å². The Morgan fingerprint density at radius 2 is 1.85 bits per heavy atom. The van der Waals surface area contributed by atoms with Crippen LogP contribution >= 0.6 is 0 Å². The summed E-state index contributed by atoms with van der Waals surface area (Å²) in [6.07, 6.45) is 0.956. The Balaban J connectivity index is 1.50. The summed E-state index contributed by atoms with van der Waals surface area (Å²) >= 11 is 0. The van der Waals surface area contributed by atoms with Crippen LogP contribution in [0.2, 0.25) is 0 Å². The van der Waals surface area contributed by atoms with Crippen LogP contribution < -0.4 is 15.4 Å². The first kappa shape index (κ1) is 19.4. The van der Waals surface area contributed by atoms with Gasteiger partial charge in [0.2, 0.25) is 0 Å². The van der Waals surface area contributed by atoms with Crippen LogP contribution in [0.5, 0.6) is 5.75 Å². The van der Waals surface area contributed by atoms with E-state index in [1.165, 1.54) is 5.56 Å². The molecule has 3 rings (SSSR count). The van der Waals surface area contributed by atoms with Gasteiger partial charge >= 0.3 is 0 Å².